The summed E-state index contributed by atoms with van der Waals surface area (Å²) in [4.78, 5) is 16.5. The van der Waals surface area contributed by atoms with Crippen LogP contribution in [0.5, 0.6) is 0 Å². The van der Waals surface area contributed by atoms with Crippen molar-refractivity contribution in [3.8, 4) is 0 Å². The van der Waals surface area contributed by atoms with Gasteiger partial charge in [0.1, 0.15) is 0 Å². The SMILES string of the molecule is C/C=C/C=C/C(=O)N(C)C1CCN(C[C@H]2CCOC2)CC1. The molecule has 0 spiro atoms. The summed E-state index contributed by atoms with van der Waals surface area (Å²) in [5.74, 6) is 0.820. The van der Waals surface area contributed by atoms with E-state index in [1.165, 1.54) is 6.42 Å². The molecule has 1 amide bonds. The topological polar surface area (TPSA) is 32.8 Å². The number of carbonyl (C=O) groups is 1. The summed E-state index contributed by atoms with van der Waals surface area (Å²) >= 11 is 0. The summed E-state index contributed by atoms with van der Waals surface area (Å²) < 4.78 is 5.44. The number of rotatable bonds is 5. The molecule has 2 rings (SSSR count). The van der Waals surface area contributed by atoms with Crippen molar-refractivity contribution in [3.63, 3.8) is 0 Å². The molecule has 0 aromatic carbocycles. The van der Waals surface area contributed by atoms with E-state index in [2.05, 4.69) is 4.90 Å². The first-order chi connectivity index (χ1) is 10.2. The molecule has 0 aromatic rings. The van der Waals surface area contributed by atoms with Crippen LogP contribution in [0.15, 0.2) is 24.3 Å². The van der Waals surface area contributed by atoms with Gasteiger partial charge < -0.3 is 14.5 Å². The van der Waals surface area contributed by atoms with E-state index in [0.29, 0.717) is 12.0 Å². The fourth-order valence-corrected chi connectivity index (χ4v) is 3.13. The van der Waals surface area contributed by atoms with Crippen LogP contribution in [0.2, 0.25) is 0 Å². The number of nitrogens with zero attached hydrogens (tertiary/aromatic N) is 2. The molecule has 0 saturated carbocycles. The molecule has 118 valence electrons. The van der Waals surface area contributed by atoms with Crippen LogP contribution >= 0.6 is 0 Å². The second-order valence-electron chi connectivity index (χ2n) is 6.10. The highest BCUT2D eigenvalue weighted by atomic mass is 16.5. The van der Waals surface area contributed by atoms with Crippen molar-refractivity contribution in [2.75, 3.05) is 39.9 Å². The number of carbonyl (C=O) groups excluding carboxylic acids is 1. The Morgan fingerprint density at radius 3 is 2.67 bits per heavy atom. The van der Waals surface area contributed by atoms with E-state index in [4.69, 9.17) is 4.74 Å². The zero-order valence-corrected chi connectivity index (χ0v) is 13.3. The van der Waals surface area contributed by atoms with Crippen molar-refractivity contribution in [1.29, 1.82) is 0 Å². The number of likely N-dealkylation sites (tertiary alicyclic amines) is 1. The van der Waals surface area contributed by atoms with Gasteiger partial charge in [-0.05, 0) is 32.1 Å². The lowest BCUT2D eigenvalue weighted by Crippen LogP contribution is -2.46. The quantitative estimate of drug-likeness (QED) is 0.574. The number of likely N-dealkylation sites (N-methyl/N-ethyl adjacent to an activating group) is 1. The molecule has 2 aliphatic heterocycles. The minimum atomic E-state index is 0.107. The standard InChI is InChI=1S/C17H28N2O2/c1-3-4-5-6-17(20)18(2)16-7-10-19(11-8-16)13-15-9-12-21-14-15/h3-6,15-16H,7-14H2,1-2H3/b4-3+,6-5+/t15-/m1/s1. The largest absolute Gasteiger partial charge is 0.381 e. The number of hydrogen-bond acceptors (Lipinski definition) is 3. The highest BCUT2D eigenvalue weighted by Crippen LogP contribution is 2.20. The van der Waals surface area contributed by atoms with Crippen LogP contribution in [0.25, 0.3) is 0 Å². The van der Waals surface area contributed by atoms with Gasteiger partial charge >= 0.3 is 0 Å². The van der Waals surface area contributed by atoms with Crippen molar-refractivity contribution in [2.45, 2.75) is 32.2 Å². The second-order valence-corrected chi connectivity index (χ2v) is 6.10. The van der Waals surface area contributed by atoms with Gasteiger partial charge in [0.05, 0.1) is 6.61 Å². The Balaban J connectivity index is 1.73. The van der Waals surface area contributed by atoms with Crippen molar-refractivity contribution in [1.82, 2.24) is 9.80 Å². The maximum atomic E-state index is 12.1. The molecule has 0 N–H and O–H groups in total. The molecule has 2 aliphatic rings. The van der Waals surface area contributed by atoms with E-state index in [-0.39, 0.29) is 5.91 Å². The molecular formula is C17H28N2O2. The first-order valence-electron chi connectivity index (χ1n) is 8.07. The highest BCUT2D eigenvalue weighted by Gasteiger charge is 2.26. The summed E-state index contributed by atoms with van der Waals surface area (Å²) in [6, 6.07) is 0.379. The van der Waals surface area contributed by atoms with E-state index in [0.717, 1.165) is 45.7 Å². The summed E-state index contributed by atoms with van der Waals surface area (Å²) in [6.45, 7) is 7.15. The smallest absolute Gasteiger partial charge is 0.246 e. The van der Waals surface area contributed by atoms with Crippen LogP contribution in [-0.2, 0) is 9.53 Å². The van der Waals surface area contributed by atoms with Gasteiger partial charge in [-0.2, -0.15) is 0 Å². The molecule has 0 radical (unpaired) electrons. The summed E-state index contributed by atoms with van der Waals surface area (Å²) in [7, 11) is 1.92. The van der Waals surface area contributed by atoms with Gasteiger partial charge in [0.2, 0.25) is 5.91 Å². The minimum absolute atomic E-state index is 0.107. The molecule has 0 bridgehead atoms. The van der Waals surface area contributed by atoms with Crippen LogP contribution in [0, 0.1) is 5.92 Å². The van der Waals surface area contributed by atoms with Gasteiger partial charge in [-0.25, -0.2) is 0 Å². The van der Waals surface area contributed by atoms with Gasteiger partial charge in [-0.3, -0.25) is 4.79 Å². The van der Waals surface area contributed by atoms with Gasteiger partial charge in [0, 0.05) is 45.4 Å². The molecule has 4 heteroatoms. The first-order valence-corrected chi connectivity index (χ1v) is 8.07. The molecule has 0 unspecified atom stereocenters. The third-order valence-corrected chi connectivity index (χ3v) is 4.54. The Labute approximate surface area is 128 Å². The lowest BCUT2D eigenvalue weighted by atomic mass is 10.0. The molecule has 2 heterocycles. The third kappa shape index (κ3) is 4.97. The fourth-order valence-electron chi connectivity index (χ4n) is 3.13. The highest BCUT2D eigenvalue weighted by molar-refractivity contribution is 5.87. The van der Waals surface area contributed by atoms with E-state index >= 15 is 0 Å². The van der Waals surface area contributed by atoms with Gasteiger partial charge in [0.25, 0.3) is 0 Å². The van der Waals surface area contributed by atoms with Crippen molar-refractivity contribution in [2.24, 2.45) is 5.92 Å². The fraction of sp³-hybridized carbons (Fsp3) is 0.706. The van der Waals surface area contributed by atoms with Crippen LogP contribution in [0.1, 0.15) is 26.2 Å². The normalized spacial score (nSPS) is 25.1. The number of allylic oxidation sites excluding steroid dienone is 3. The third-order valence-electron chi connectivity index (χ3n) is 4.54. The maximum Gasteiger partial charge on any atom is 0.246 e. The van der Waals surface area contributed by atoms with Crippen LogP contribution in [0.4, 0.5) is 0 Å². The van der Waals surface area contributed by atoms with Gasteiger partial charge in [-0.1, -0.05) is 18.2 Å². The van der Waals surface area contributed by atoms with Crippen molar-refractivity contribution in [3.05, 3.63) is 24.3 Å². The molecule has 2 fully saturated rings. The lowest BCUT2D eigenvalue weighted by molar-refractivity contribution is -0.127. The van der Waals surface area contributed by atoms with Crippen molar-refractivity contribution < 1.29 is 9.53 Å². The van der Waals surface area contributed by atoms with Crippen LogP contribution < -0.4 is 0 Å². The molecule has 4 nitrogen and oxygen atoms in total. The molecule has 2 saturated heterocycles. The zero-order valence-electron chi connectivity index (χ0n) is 13.3. The second kappa shape index (κ2) is 8.35. The first kappa shape index (κ1) is 16.2. The van der Waals surface area contributed by atoms with Crippen molar-refractivity contribution >= 4 is 5.91 Å². The summed E-state index contributed by atoms with van der Waals surface area (Å²) in [6.07, 6.45) is 10.6. The molecular weight excluding hydrogens is 264 g/mol. The van der Waals surface area contributed by atoms with E-state index in [9.17, 15) is 4.79 Å². The lowest BCUT2D eigenvalue weighted by Gasteiger charge is -2.37. The van der Waals surface area contributed by atoms with Gasteiger partial charge in [-0.15, -0.1) is 0 Å². The van der Waals surface area contributed by atoms with E-state index in [1.54, 1.807) is 6.08 Å². The molecule has 0 aromatic heterocycles. The predicted octanol–water partition coefficient (Wildman–Crippen LogP) is 2.08. The number of amides is 1. The van der Waals surface area contributed by atoms with E-state index < -0.39 is 0 Å². The molecule has 21 heavy (non-hydrogen) atoms. The predicted molar refractivity (Wildman–Crippen MR) is 85.1 cm³/mol. The zero-order chi connectivity index (χ0) is 15.1. The number of piperidine rings is 1. The van der Waals surface area contributed by atoms with Crippen LogP contribution in [-0.4, -0.2) is 61.6 Å². The molecule has 0 aliphatic carbocycles. The Kier molecular flexibility index (Phi) is 6.46. The van der Waals surface area contributed by atoms with Gasteiger partial charge in [0.15, 0.2) is 0 Å². The molecule has 1 atom stereocenters. The summed E-state index contributed by atoms with van der Waals surface area (Å²) in [5.41, 5.74) is 0. The Hall–Kier alpha value is -1.13. The minimum Gasteiger partial charge on any atom is -0.381 e. The number of hydrogen-bond donors (Lipinski definition) is 0. The Morgan fingerprint density at radius 2 is 2.05 bits per heavy atom. The van der Waals surface area contributed by atoms with E-state index in [1.807, 2.05) is 37.1 Å². The monoisotopic (exact) mass is 292 g/mol. The Morgan fingerprint density at radius 1 is 1.29 bits per heavy atom. The summed E-state index contributed by atoms with van der Waals surface area (Å²) in [5, 5.41) is 0. The Bertz CT molecular complexity index is 378. The number of ether oxygens (including phenoxy) is 1. The average molecular weight is 292 g/mol. The maximum absolute atomic E-state index is 12.1. The van der Waals surface area contributed by atoms with Crippen LogP contribution in [0.3, 0.4) is 0 Å². The average Bonchev–Trinajstić information content (AvgIpc) is 3.00.